The van der Waals surface area contributed by atoms with Crippen LogP contribution in [-0.2, 0) is 10.0 Å². The van der Waals surface area contributed by atoms with Crippen LogP contribution in [-0.4, -0.2) is 36.9 Å². The normalized spacial score (nSPS) is 15.9. The van der Waals surface area contributed by atoms with Gasteiger partial charge in [-0.25, -0.2) is 13.4 Å². The molecular weight excluding hydrogens is 360 g/mol. The molecule has 0 atom stereocenters. The number of fused-ring (bicyclic) bond motifs is 1. The minimum atomic E-state index is -3.54. The molecule has 0 amide bonds. The summed E-state index contributed by atoms with van der Waals surface area (Å²) in [5.74, 6) is 0.503. The van der Waals surface area contributed by atoms with Crippen molar-refractivity contribution in [3.63, 3.8) is 0 Å². The third-order valence-corrected chi connectivity index (χ3v) is 6.17. The summed E-state index contributed by atoms with van der Waals surface area (Å²) in [5, 5.41) is 1.43. The Morgan fingerprint density at radius 3 is 2.64 bits per heavy atom. The van der Waals surface area contributed by atoms with Crippen LogP contribution in [0.2, 0.25) is 5.02 Å². The number of pyridine rings is 1. The molecule has 1 aliphatic rings. The Bertz CT molecular complexity index is 1030. The Morgan fingerprint density at radius 1 is 1.04 bits per heavy atom. The summed E-state index contributed by atoms with van der Waals surface area (Å²) >= 11 is 5.88. The molecule has 2 heterocycles. The van der Waals surface area contributed by atoms with Gasteiger partial charge in [-0.1, -0.05) is 35.9 Å². The fourth-order valence-corrected chi connectivity index (χ4v) is 4.54. The van der Waals surface area contributed by atoms with E-state index < -0.39 is 10.0 Å². The number of halogens is 1. The van der Waals surface area contributed by atoms with Crippen molar-refractivity contribution in [3.8, 4) is 5.88 Å². The third-order valence-electron chi connectivity index (χ3n) is 4.11. The standard InChI is InChI=1S/C18H15ClN2O3S/c19-14-5-3-6-16(10-14)25(22,23)21-11-15(12-21)24-18-9-8-13-4-1-2-7-17(13)20-18/h1-10,15H,11-12H2. The van der Waals surface area contributed by atoms with Crippen molar-refractivity contribution in [3.05, 3.63) is 65.7 Å². The van der Waals surface area contributed by atoms with Crippen molar-refractivity contribution < 1.29 is 13.2 Å². The van der Waals surface area contributed by atoms with E-state index in [0.717, 1.165) is 10.9 Å². The molecule has 5 nitrogen and oxygen atoms in total. The first-order valence-corrected chi connectivity index (χ1v) is 9.62. The Balaban J connectivity index is 1.44. The third kappa shape index (κ3) is 3.20. The van der Waals surface area contributed by atoms with Crippen LogP contribution in [0.1, 0.15) is 0 Å². The van der Waals surface area contributed by atoms with Gasteiger partial charge >= 0.3 is 0 Å². The molecule has 1 aliphatic heterocycles. The van der Waals surface area contributed by atoms with Gasteiger partial charge in [0, 0.05) is 16.5 Å². The SMILES string of the molecule is O=S(=O)(c1cccc(Cl)c1)N1CC(Oc2ccc3ccccc3n2)C1. The largest absolute Gasteiger partial charge is 0.472 e. The van der Waals surface area contributed by atoms with Gasteiger partial charge in [0.2, 0.25) is 15.9 Å². The summed E-state index contributed by atoms with van der Waals surface area (Å²) < 4.78 is 32.3. The summed E-state index contributed by atoms with van der Waals surface area (Å²) in [5.41, 5.74) is 0.850. The number of ether oxygens (including phenoxy) is 1. The van der Waals surface area contributed by atoms with Crippen molar-refractivity contribution >= 4 is 32.5 Å². The first kappa shape index (κ1) is 16.3. The second-order valence-electron chi connectivity index (χ2n) is 5.86. The van der Waals surface area contributed by atoms with Gasteiger partial charge in [-0.2, -0.15) is 4.31 Å². The second-order valence-corrected chi connectivity index (χ2v) is 8.24. The maximum Gasteiger partial charge on any atom is 0.243 e. The molecule has 0 radical (unpaired) electrons. The number of hydrogen-bond donors (Lipinski definition) is 0. The number of para-hydroxylation sites is 1. The number of hydrogen-bond acceptors (Lipinski definition) is 4. The van der Waals surface area contributed by atoms with E-state index in [9.17, 15) is 8.42 Å². The molecule has 0 aliphatic carbocycles. The van der Waals surface area contributed by atoms with Gasteiger partial charge in [0.15, 0.2) is 0 Å². The van der Waals surface area contributed by atoms with Crippen molar-refractivity contribution in [2.24, 2.45) is 0 Å². The summed E-state index contributed by atoms with van der Waals surface area (Å²) in [6.45, 7) is 0.590. The van der Waals surface area contributed by atoms with E-state index in [2.05, 4.69) is 4.98 Å². The fraction of sp³-hybridized carbons (Fsp3) is 0.167. The number of benzene rings is 2. The van der Waals surface area contributed by atoms with E-state index in [0.29, 0.717) is 24.0 Å². The highest BCUT2D eigenvalue weighted by Gasteiger charge is 2.38. The lowest BCUT2D eigenvalue weighted by molar-refractivity contribution is 0.0724. The Labute approximate surface area is 150 Å². The number of aromatic nitrogens is 1. The molecule has 128 valence electrons. The molecule has 0 spiro atoms. The summed E-state index contributed by atoms with van der Waals surface area (Å²) in [7, 11) is -3.54. The van der Waals surface area contributed by atoms with Gasteiger partial charge < -0.3 is 4.74 Å². The first-order valence-electron chi connectivity index (χ1n) is 7.80. The van der Waals surface area contributed by atoms with E-state index in [1.54, 1.807) is 24.3 Å². The number of sulfonamides is 1. The summed E-state index contributed by atoms with van der Waals surface area (Å²) in [6, 6.07) is 17.8. The van der Waals surface area contributed by atoms with Crippen LogP contribution >= 0.6 is 11.6 Å². The molecular formula is C18H15ClN2O3S. The van der Waals surface area contributed by atoms with Gasteiger partial charge in [-0.15, -0.1) is 0 Å². The van der Waals surface area contributed by atoms with Crippen molar-refractivity contribution in [2.75, 3.05) is 13.1 Å². The number of nitrogens with zero attached hydrogens (tertiary/aromatic N) is 2. The van der Waals surface area contributed by atoms with Gasteiger partial charge in [0.05, 0.1) is 23.5 Å². The van der Waals surface area contributed by atoms with E-state index in [-0.39, 0.29) is 11.0 Å². The Kier molecular flexibility index (Phi) is 4.11. The quantitative estimate of drug-likeness (QED) is 0.702. The molecule has 1 saturated heterocycles. The highest BCUT2D eigenvalue weighted by molar-refractivity contribution is 7.89. The van der Waals surface area contributed by atoms with E-state index in [4.69, 9.17) is 16.3 Å². The maximum absolute atomic E-state index is 12.5. The van der Waals surface area contributed by atoms with Gasteiger partial charge in [0.1, 0.15) is 6.10 Å². The van der Waals surface area contributed by atoms with Gasteiger partial charge in [0.25, 0.3) is 0 Å². The molecule has 0 bridgehead atoms. The minimum absolute atomic E-state index is 0.197. The van der Waals surface area contributed by atoms with E-state index in [1.807, 2.05) is 30.3 Å². The van der Waals surface area contributed by atoms with E-state index in [1.165, 1.54) is 10.4 Å². The summed E-state index contributed by atoms with van der Waals surface area (Å²) in [4.78, 5) is 4.64. The zero-order chi connectivity index (χ0) is 17.4. The van der Waals surface area contributed by atoms with Crippen molar-refractivity contribution in [1.29, 1.82) is 0 Å². The molecule has 0 saturated carbocycles. The van der Waals surface area contributed by atoms with Crippen LogP contribution in [0.15, 0.2) is 65.6 Å². The molecule has 4 rings (SSSR count). The van der Waals surface area contributed by atoms with Crippen LogP contribution in [0.5, 0.6) is 5.88 Å². The minimum Gasteiger partial charge on any atom is -0.472 e. The summed E-state index contributed by atoms with van der Waals surface area (Å²) in [6.07, 6.45) is -0.206. The van der Waals surface area contributed by atoms with Crippen LogP contribution in [0.25, 0.3) is 10.9 Å². The van der Waals surface area contributed by atoms with Crippen LogP contribution < -0.4 is 4.74 Å². The highest BCUT2D eigenvalue weighted by Crippen LogP contribution is 2.26. The van der Waals surface area contributed by atoms with Crippen molar-refractivity contribution in [1.82, 2.24) is 9.29 Å². The predicted octanol–water partition coefficient (Wildman–Crippen LogP) is 3.34. The fourth-order valence-electron chi connectivity index (χ4n) is 2.73. The van der Waals surface area contributed by atoms with Crippen molar-refractivity contribution in [2.45, 2.75) is 11.0 Å². The smallest absolute Gasteiger partial charge is 0.243 e. The topological polar surface area (TPSA) is 59.5 Å². The zero-order valence-corrected chi connectivity index (χ0v) is 14.7. The van der Waals surface area contributed by atoms with Crippen LogP contribution in [0, 0.1) is 0 Å². The first-order chi connectivity index (χ1) is 12.0. The Hall–Kier alpha value is -2.15. The average molecular weight is 375 g/mol. The zero-order valence-electron chi connectivity index (χ0n) is 13.2. The number of rotatable bonds is 4. The lowest BCUT2D eigenvalue weighted by atomic mass is 10.2. The predicted molar refractivity (Wildman–Crippen MR) is 96.4 cm³/mol. The molecule has 7 heteroatoms. The lowest BCUT2D eigenvalue weighted by Crippen LogP contribution is -2.56. The lowest BCUT2D eigenvalue weighted by Gasteiger charge is -2.37. The van der Waals surface area contributed by atoms with E-state index >= 15 is 0 Å². The van der Waals surface area contributed by atoms with Gasteiger partial charge in [-0.3, -0.25) is 0 Å². The molecule has 0 unspecified atom stereocenters. The molecule has 1 fully saturated rings. The molecule has 2 aromatic carbocycles. The van der Waals surface area contributed by atoms with Gasteiger partial charge in [-0.05, 0) is 30.3 Å². The Morgan fingerprint density at radius 2 is 1.84 bits per heavy atom. The highest BCUT2D eigenvalue weighted by atomic mass is 35.5. The average Bonchev–Trinajstić information content (AvgIpc) is 2.57. The maximum atomic E-state index is 12.5. The molecule has 1 aromatic heterocycles. The molecule has 3 aromatic rings. The molecule has 25 heavy (non-hydrogen) atoms. The van der Waals surface area contributed by atoms with Crippen LogP contribution in [0.4, 0.5) is 0 Å². The molecule has 0 N–H and O–H groups in total. The van der Waals surface area contributed by atoms with Crippen LogP contribution in [0.3, 0.4) is 0 Å². The second kappa shape index (κ2) is 6.29. The monoisotopic (exact) mass is 374 g/mol.